The lowest BCUT2D eigenvalue weighted by Crippen LogP contribution is -2.12. The molecule has 0 aliphatic carbocycles. The lowest BCUT2D eigenvalue weighted by Gasteiger charge is -2.06. The fourth-order valence-corrected chi connectivity index (χ4v) is 0.874. The summed E-state index contributed by atoms with van der Waals surface area (Å²) in [6.45, 7) is 1.14. The second kappa shape index (κ2) is 6.60. The summed E-state index contributed by atoms with van der Waals surface area (Å²) in [5, 5.41) is 8.32. The fourth-order valence-electron chi connectivity index (χ4n) is 0.874. The Morgan fingerprint density at radius 2 is 2.31 bits per heavy atom. The average molecular weight is 190 g/mol. The molecule has 13 heavy (non-hydrogen) atoms. The molecular weight excluding hydrogens is 175 g/mol. The van der Waals surface area contributed by atoms with Crippen LogP contribution in [0.3, 0.4) is 0 Å². The Morgan fingerprint density at radius 3 is 2.77 bits per heavy atom. The van der Waals surface area contributed by atoms with Gasteiger partial charge in [0.1, 0.15) is 5.83 Å². The largest absolute Gasteiger partial charge is 0.469 e. The number of allylic oxidation sites excluding steroid dienone is 1. The minimum Gasteiger partial charge on any atom is -0.469 e. The molecule has 0 aromatic carbocycles. The Balaban J connectivity index is 3.70. The van der Waals surface area contributed by atoms with Crippen LogP contribution in [0.25, 0.3) is 0 Å². The van der Waals surface area contributed by atoms with Crippen LogP contribution >= 0.6 is 0 Å². The number of carbonyl (C=O) groups is 1. The maximum absolute atomic E-state index is 12.4. The van der Waals surface area contributed by atoms with Gasteiger partial charge in [0.05, 0.1) is 19.6 Å². The molecule has 0 aliphatic rings. The maximum atomic E-state index is 12.4. The van der Waals surface area contributed by atoms with Gasteiger partial charge in [-0.05, 0) is 12.8 Å². The molecular formula is C9H15FO3. The van der Waals surface area contributed by atoms with Crippen LogP contribution in [-0.4, -0.2) is 24.8 Å². The molecule has 0 aromatic heterocycles. The highest BCUT2D eigenvalue weighted by Crippen LogP contribution is 2.09. The number of aliphatic hydroxyl groups excluding tert-OH is 1. The normalized spacial score (nSPS) is 14.0. The molecule has 4 heteroatoms. The molecule has 1 unspecified atom stereocenters. The highest BCUT2D eigenvalue weighted by atomic mass is 19.1. The quantitative estimate of drug-likeness (QED) is 0.667. The zero-order valence-electron chi connectivity index (χ0n) is 7.92. The SMILES string of the molecule is COC(=O)C(C)CC/C=C(/F)CO. The van der Waals surface area contributed by atoms with Gasteiger partial charge < -0.3 is 9.84 Å². The Morgan fingerprint density at radius 1 is 1.69 bits per heavy atom. The van der Waals surface area contributed by atoms with E-state index in [1.165, 1.54) is 13.2 Å². The molecule has 0 radical (unpaired) electrons. The smallest absolute Gasteiger partial charge is 0.308 e. The Kier molecular flexibility index (Phi) is 6.14. The van der Waals surface area contributed by atoms with Crippen molar-refractivity contribution in [3.05, 3.63) is 11.9 Å². The van der Waals surface area contributed by atoms with Crippen LogP contribution in [0.2, 0.25) is 0 Å². The summed E-state index contributed by atoms with van der Waals surface area (Å²) in [6, 6.07) is 0. The van der Waals surface area contributed by atoms with Gasteiger partial charge in [0.15, 0.2) is 0 Å². The molecule has 1 atom stereocenters. The molecule has 0 bridgehead atoms. The molecule has 0 saturated carbocycles. The Bertz CT molecular complexity index is 189. The first-order chi connectivity index (χ1) is 6.11. The second-order valence-corrected chi connectivity index (χ2v) is 2.81. The van der Waals surface area contributed by atoms with Crippen LogP contribution in [0.4, 0.5) is 4.39 Å². The first kappa shape index (κ1) is 12.1. The number of methoxy groups -OCH3 is 1. The fraction of sp³-hybridized carbons (Fsp3) is 0.667. The summed E-state index contributed by atoms with van der Waals surface area (Å²) in [7, 11) is 1.32. The summed E-state index contributed by atoms with van der Waals surface area (Å²) in [4.78, 5) is 10.9. The second-order valence-electron chi connectivity index (χ2n) is 2.81. The maximum Gasteiger partial charge on any atom is 0.308 e. The number of rotatable bonds is 5. The number of aliphatic hydroxyl groups is 1. The summed E-state index contributed by atoms with van der Waals surface area (Å²) >= 11 is 0. The van der Waals surface area contributed by atoms with Gasteiger partial charge in [0.2, 0.25) is 0 Å². The van der Waals surface area contributed by atoms with E-state index in [1.807, 2.05) is 0 Å². The third-order valence-corrected chi connectivity index (χ3v) is 1.72. The Labute approximate surface area is 77.2 Å². The van der Waals surface area contributed by atoms with Gasteiger partial charge in [-0.15, -0.1) is 0 Å². The number of esters is 1. The summed E-state index contributed by atoms with van der Waals surface area (Å²) in [6.07, 6.45) is 2.24. The van der Waals surface area contributed by atoms with E-state index < -0.39 is 12.4 Å². The first-order valence-electron chi connectivity index (χ1n) is 4.15. The summed E-state index contributed by atoms with van der Waals surface area (Å²) in [5.74, 6) is -1.08. The molecule has 0 rings (SSSR count). The molecule has 0 aromatic rings. The van der Waals surface area contributed by atoms with Crippen molar-refractivity contribution in [2.75, 3.05) is 13.7 Å². The van der Waals surface area contributed by atoms with Gasteiger partial charge in [-0.2, -0.15) is 0 Å². The number of hydrogen-bond acceptors (Lipinski definition) is 3. The summed E-state index contributed by atoms with van der Waals surface area (Å²) in [5.41, 5.74) is 0. The molecule has 3 nitrogen and oxygen atoms in total. The third kappa shape index (κ3) is 5.36. The van der Waals surface area contributed by atoms with Crippen molar-refractivity contribution in [2.45, 2.75) is 19.8 Å². The van der Waals surface area contributed by atoms with Crippen LogP contribution < -0.4 is 0 Å². The molecule has 1 N–H and O–H groups in total. The number of carbonyl (C=O) groups excluding carboxylic acids is 1. The van der Waals surface area contributed by atoms with E-state index in [0.717, 1.165) is 0 Å². The van der Waals surface area contributed by atoms with E-state index in [-0.39, 0.29) is 11.9 Å². The molecule has 0 heterocycles. The van der Waals surface area contributed by atoms with Gasteiger partial charge in [-0.25, -0.2) is 4.39 Å². The van der Waals surface area contributed by atoms with Crippen molar-refractivity contribution in [1.29, 1.82) is 0 Å². The van der Waals surface area contributed by atoms with Crippen molar-refractivity contribution in [3.63, 3.8) is 0 Å². The summed E-state index contributed by atoms with van der Waals surface area (Å²) < 4.78 is 16.9. The number of hydrogen-bond donors (Lipinski definition) is 1. The van der Waals surface area contributed by atoms with Crippen molar-refractivity contribution in [1.82, 2.24) is 0 Å². The van der Waals surface area contributed by atoms with Crippen molar-refractivity contribution in [2.24, 2.45) is 5.92 Å². The monoisotopic (exact) mass is 190 g/mol. The van der Waals surface area contributed by atoms with E-state index in [4.69, 9.17) is 5.11 Å². The average Bonchev–Trinajstić information content (AvgIpc) is 2.15. The molecule has 0 spiro atoms. The molecule has 0 amide bonds. The van der Waals surface area contributed by atoms with Crippen LogP contribution in [0.15, 0.2) is 11.9 Å². The number of halogens is 1. The predicted molar refractivity (Wildman–Crippen MR) is 46.7 cm³/mol. The first-order valence-corrected chi connectivity index (χ1v) is 4.15. The van der Waals surface area contributed by atoms with Crippen molar-refractivity contribution in [3.8, 4) is 0 Å². The van der Waals surface area contributed by atoms with Crippen LogP contribution in [0.1, 0.15) is 19.8 Å². The Hall–Kier alpha value is -0.900. The predicted octanol–water partition coefficient (Wildman–Crippen LogP) is 1.42. The van der Waals surface area contributed by atoms with E-state index in [2.05, 4.69) is 4.74 Å². The van der Waals surface area contributed by atoms with Crippen LogP contribution in [-0.2, 0) is 9.53 Å². The topological polar surface area (TPSA) is 46.5 Å². The van der Waals surface area contributed by atoms with Gasteiger partial charge in [-0.1, -0.05) is 13.0 Å². The van der Waals surface area contributed by atoms with E-state index in [1.54, 1.807) is 6.92 Å². The lowest BCUT2D eigenvalue weighted by atomic mass is 10.1. The molecule has 0 saturated heterocycles. The zero-order chi connectivity index (χ0) is 10.3. The third-order valence-electron chi connectivity index (χ3n) is 1.72. The van der Waals surface area contributed by atoms with Crippen molar-refractivity contribution >= 4 is 5.97 Å². The standard InChI is InChI=1S/C9H15FO3/c1-7(9(12)13-2)4-3-5-8(10)6-11/h5,7,11H,3-4,6H2,1-2H3/b8-5+. The van der Waals surface area contributed by atoms with Gasteiger partial charge in [0, 0.05) is 0 Å². The van der Waals surface area contributed by atoms with Crippen LogP contribution in [0, 0.1) is 5.92 Å². The van der Waals surface area contributed by atoms with Gasteiger partial charge in [0.25, 0.3) is 0 Å². The minimum atomic E-state index is -0.577. The van der Waals surface area contributed by atoms with Gasteiger partial charge in [-0.3, -0.25) is 4.79 Å². The van der Waals surface area contributed by atoms with Gasteiger partial charge >= 0.3 is 5.97 Å². The molecule has 0 fully saturated rings. The zero-order valence-corrected chi connectivity index (χ0v) is 7.92. The minimum absolute atomic E-state index is 0.229. The van der Waals surface area contributed by atoms with Crippen LogP contribution in [0.5, 0.6) is 0 Å². The van der Waals surface area contributed by atoms with E-state index in [0.29, 0.717) is 12.8 Å². The highest BCUT2D eigenvalue weighted by molar-refractivity contribution is 5.71. The molecule has 0 aliphatic heterocycles. The number of ether oxygens (including phenoxy) is 1. The highest BCUT2D eigenvalue weighted by Gasteiger charge is 2.11. The lowest BCUT2D eigenvalue weighted by molar-refractivity contribution is -0.144. The van der Waals surface area contributed by atoms with Crippen molar-refractivity contribution < 1.29 is 19.0 Å². The molecule has 76 valence electrons. The van der Waals surface area contributed by atoms with E-state index >= 15 is 0 Å². The van der Waals surface area contributed by atoms with E-state index in [9.17, 15) is 9.18 Å².